The van der Waals surface area contributed by atoms with Crippen molar-refractivity contribution < 1.29 is 14.6 Å². The normalized spacial score (nSPS) is 9.75. The maximum atomic E-state index is 9.47. The molecule has 0 atom stereocenters. The molecule has 0 amide bonds. The number of rotatable bonds is 2. The first-order chi connectivity index (χ1) is 5.74. The van der Waals surface area contributed by atoms with E-state index in [2.05, 4.69) is 29.0 Å². The van der Waals surface area contributed by atoms with Gasteiger partial charge in [-0.1, -0.05) is 18.2 Å². The first-order valence-corrected chi connectivity index (χ1v) is 3.55. The second-order valence-electron chi connectivity index (χ2n) is 2.41. The van der Waals surface area contributed by atoms with Gasteiger partial charge in [-0.3, -0.25) is 0 Å². The van der Waals surface area contributed by atoms with Gasteiger partial charge >= 0.3 is 5.97 Å². The summed E-state index contributed by atoms with van der Waals surface area (Å²) in [5, 5.41) is 7.79. The molecule has 0 bridgehead atoms. The summed E-state index contributed by atoms with van der Waals surface area (Å²) in [6.07, 6.45) is 0. The van der Waals surface area contributed by atoms with E-state index in [-0.39, 0.29) is 6.61 Å². The number of ether oxygens (including phenoxy) is 1. The first kappa shape index (κ1) is 8.74. The lowest BCUT2D eigenvalue weighted by Crippen LogP contribution is -2.02. The highest BCUT2D eigenvalue weighted by Crippen LogP contribution is 2.32. The Labute approximate surface area is 70.6 Å². The van der Waals surface area contributed by atoms with Gasteiger partial charge in [0, 0.05) is 7.11 Å². The summed E-state index contributed by atoms with van der Waals surface area (Å²) in [5.41, 5.74) is 2.85. The number of aliphatic carboxylic acids is 1. The van der Waals surface area contributed by atoms with Crippen LogP contribution in [0, 0.1) is 0 Å². The van der Waals surface area contributed by atoms with Crippen LogP contribution in [0.15, 0.2) is 24.3 Å². The highest BCUT2D eigenvalue weighted by molar-refractivity contribution is 5.80. The van der Waals surface area contributed by atoms with E-state index in [0.29, 0.717) is 0 Å². The first-order valence-electron chi connectivity index (χ1n) is 3.55. The zero-order chi connectivity index (χ0) is 8.97. The number of methoxy groups -OCH3 is 1. The van der Waals surface area contributed by atoms with Crippen molar-refractivity contribution in [3.05, 3.63) is 24.3 Å². The quantitative estimate of drug-likeness (QED) is 0.733. The Morgan fingerprint density at radius 1 is 1.50 bits per heavy atom. The van der Waals surface area contributed by atoms with E-state index in [1.54, 1.807) is 0 Å². The van der Waals surface area contributed by atoms with E-state index in [1.807, 2.05) is 0 Å². The molecule has 2 rings (SSSR count). The molecule has 3 heteroatoms. The molecule has 0 radical (unpaired) electrons. The lowest BCUT2D eigenvalue weighted by molar-refractivity contribution is -0.141. The van der Waals surface area contributed by atoms with Crippen LogP contribution in [0.4, 0.5) is 0 Å². The third kappa shape index (κ3) is 2.72. The monoisotopic (exact) mass is 166 g/mol. The average molecular weight is 166 g/mol. The molecule has 12 heavy (non-hydrogen) atoms. The SMILES string of the molecule is COCC(=O)O.c1cc2cc-2c1. The molecule has 0 aromatic rings. The Hall–Kier alpha value is -1.35. The fourth-order valence-electron chi connectivity index (χ4n) is 0.799. The molecule has 3 nitrogen and oxygen atoms in total. The number of hydrogen-bond acceptors (Lipinski definition) is 2. The predicted molar refractivity (Wildman–Crippen MR) is 44.9 cm³/mol. The maximum Gasteiger partial charge on any atom is 0.329 e. The van der Waals surface area contributed by atoms with Crippen LogP contribution in [-0.2, 0) is 9.53 Å². The summed E-state index contributed by atoms with van der Waals surface area (Å²) < 4.78 is 4.20. The van der Waals surface area contributed by atoms with Gasteiger partial charge in [-0.25, -0.2) is 4.79 Å². The lowest BCUT2D eigenvalue weighted by Gasteiger charge is -1.83. The van der Waals surface area contributed by atoms with Crippen LogP contribution >= 0.6 is 0 Å². The van der Waals surface area contributed by atoms with E-state index in [1.165, 1.54) is 18.2 Å². The number of hydrogen-bond donors (Lipinski definition) is 1. The van der Waals surface area contributed by atoms with Crippen molar-refractivity contribution in [3.63, 3.8) is 0 Å². The van der Waals surface area contributed by atoms with E-state index in [9.17, 15) is 4.79 Å². The molecule has 0 heterocycles. The van der Waals surface area contributed by atoms with Gasteiger partial charge < -0.3 is 9.84 Å². The largest absolute Gasteiger partial charge is 0.480 e. The van der Waals surface area contributed by atoms with E-state index in [0.717, 1.165) is 0 Å². The van der Waals surface area contributed by atoms with Crippen molar-refractivity contribution >= 4 is 5.97 Å². The van der Waals surface area contributed by atoms with Gasteiger partial charge in [0.15, 0.2) is 0 Å². The van der Waals surface area contributed by atoms with Crippen LogP contribution in [0.5, 0.6) is 0 Å². The van der Waals surface area contributed by atoms with Gasteiger partial charge in [-0.15, -0.1) is 0 Å². The standard InChI is InChI=1S/C6H4.C3H6O3/c1-2-5-4-6(5)3-1;1-6-2-3(4)5/h1-4H;2H2,1H3,(H,4,5). The Morgan fingerprint density at radius 2 is 2.08 bits per heavy atom. The van der Waals surface area contributed by atoms with Gasteiger partial charge in [0.1, 0.15) is 6.61 Å². The molecule has 0 aliphatic heterocycles. The minimum Gasteiger partial charge on any atom is -0.480 e. The fraction of sp³-hybridized carbons (Fsp3) is 0.222. The van der Waals surface area contributed by atoms with Gasteiger partial charge in [-0.2, -0.15) is 0 Å². The number of benzene rings is 1. The summed E-state index contributed by atoms with van der Waals surface area (Å²) in [6.45, 7) is -0.208. The molecule has 2 aliphatic carbocycles. The molecule has 0 aromatic carbocycles. The van der Waals surface area contributed by atoms with E-state index >= 15 is 0 Å². The average Bonchev–Trinajstić information content (AvgIpc) is 2.60. The summed E-state index contributed by atoms with van der Waals surface area (Å²) in [6, 6.07) is 8.48. The lowest BCUT2D eigenvalue weighted by atomic mass is 10.6. The van der Waals surface area contributed by atoms with Crippen LogP contribution < -0.4 is 0 Å². The summed E-state index contributed by atoms with van der Waals surface area (Å²) in [7, 11) is 1.34. The Bertz CT molecular complexity index is 264. The van der Waals surface area contributed by atoms with Gasteiger partial charge in [0.25, 0.3) is 0 Å². The topological polar surface area (TPSA) is 46.5 Å². The van der Waals surface area contributed by atoms with Crippen molar-refractivity contribution in [2.45, 2.75) is 0 Å². The molecule has 0 fully saturated rings. The Morgan fingerprint density at radius 3 is 2.17 bits per heavy atom. The van der Waals surface area contributed by atoms with Crippen LogP contribution in [-0.4, -0.2) is 24.8 Å². The molecule has 0 saturated carbocycles. The second-order valence-corrected chi connectivity index (χ2v) is 2.41. The molecule has 0 aromatic heterocycles. The van der Waals surface area contributed by atoms with Crippen LogP contribution in [0.2, 0.25) is 0 Å². The molecule has 0 spiro atoms. The van der Waals surface area contributed by atoms with Crippen LogP contribution in [0.3, 0.4) is 0 Å². The third-order valence-corrected chi connectivity index (χ3v) is 1.38. The minimum absolute atomic E-state index is 0.208. The van der Waals surface area contributed by atoms with Gasteiger partial charge in [0.05, 0.1) is 0 Å². The molecule has 1 N–H and O–H groups in total. The number of carboxylic acids is 1. The van der Waals surface area contributed by atoms with Crippen molar-refractivity contribution in [1.29, 1.82) is 0 Å². The number of fused-ring (bicyclic) bond motifs is 1. The Kier molecular flexibility index (Phi) is 2.82. The van der Waals surface area contributed by atoms with E-state index in [4.69, 9.17) is 5.11 Å². The highest BCUT2D eigenvalue weighted by Gasteiger charge is 2.06. The maximum absolute atomic E-state index is 9.47. The zero-order valence-corrected chi connectivity index (χ0v) is 6.78. The van der Waals surface area contributed by atoms with Crippen LogP contribution in [0.25, 0.3) is 11.1 Å². The molecule has 0 saturated heterocycles. The molecule has 0 unspecified atom stereocenters. The molecule has 64 valence electrons. The van der Waals surface area contributed by atoms with E-state index < -0.39 is 5.97 Å². The molecular formula is C9H10O3. The van der Waals surface area contributed by atoms with Crippen molar-refractivity contribution in [3.8, 4) is 11.1 Å². The van der Waals surface area contributed by atoms with Crippen molar-refractivity contribution in [1.82, 2.24) is 0 Å². The Balaban J connectivity index is 0.000000120. The summed E-state index contributed by atoms with van der Waals surface area (Å²) >= 11 is 0. The predicted octanol–water partition coefficient (Wildman–Crippen LogP) is 1.38. The van der Waals surface area contributed by atoms with Crippen molar-refractivity contribution in [2.24, 2.45) is 0 Å². The third-order valence-electron chi connectivity index (χ3n) is 1.38. The molecule has 2 aliphatic rings. The summed E-state index contributed by atoms with van der Waals surface area (Å²) in [5.74, 6) is -0.933. The smallest absolute Gasteiger partial charge is 0.329 e. The van der Waals surface area contributed by atoms with Gasteiger partial charge in [0.2, 0.25) is 0 Å². The van der Waals surface area contributed by atoms with Gasteiger partial charge in [-0.05, 0) is 17.2 Å². The second kappa shape index (κ2) is 3.88. The highest BCUT2D eigenvalue weighted by atomic mass is 16.5. The van der Waals surface area contributed by atoms with Crippen LogP contribution in [0.1, 0.15) is 0 Å². The molecular weight excluding hydrogens is 156 g/mol. The zero-order valence-electron chi connectivity index (χ0n) is 6.78. The summed E-state index contributed by atoms with van der Waals surface area (Å²) in [4.78, 5) is 9.47. The fourth-order valence-corrected chi connectivity index (χ4v) is 0.799. The number of carbonyl (C=O) groups is 1. The van der Waals surface area contributed by atoms with Crippen molar-refractivity contribution in [2.75, 3.05) is 13.7 Å². The minimum atomic E-state index is -0.933. The number of carboxylic acid groups (broad SMARTS) is 1.